The van der Waals surface area contributed by atoms with Gasteiger partial charge in [0.2, 0.25) is 0 Å². The van der Waals surface area contributed by atoms with Gasteiger partial charge in [0, 0.05) is 13.1 Å². The largest absolute Gasteiger partial charge is 0.493 e. The molecular weight excluding hydrogens is 346 g/mol. The monoisotopic (exact) mass is 375 g/mol. The number of rotatable bonds is 9. The summed E-state index contributed by atoms with van der Waals surface area (Å²) in [5.41, 5.74) is 5.17. The number of hydrogen-bond donors (Lipinski definition) is 0. The predicted octanol–water partition coefficient (Wildman–Crippen LogP) is 5.09. The molecule has 0 aliphatic rings. The summed E-state index contributed by atoms with van der Waals surface area (Å²) >= 11 is 0. The van der Waals surface area contributed by atoms with E-state index in [1.165, 1.54) is 22.3 Å². The van der Waals surface area contributed by atoms with Crippen LogP contribution < -0.4 is 9.47 Å². The first-order valence-corrected chi connectivity index (χ1v) is 9.73. The molecule has 3 heteroatoms. The third kappa shape index (κ3) is 5.37. The maximum Gasteiger partial charge on any atom is 0.160 e. The van der Waals surface area contributed by atoms with E-state index >= 15 is 0 Å². The highest BCUT2D eigenvalue weighted by Gasteiger charge is 2.06. The minimum atomic E-state index is 0.776. The SMILES string of the molecule is COc1ccc(CCN(C)CCc2ccc(-c3ccccc3)cc2)cc1OC. The molecule has 0 unspecified atom stereocenters. The zero-order valence-electron chi connectivity index (χ0n) is 17.0. The second kappa shape index (κ2) is 9.95. The maximum absolute atomic E-state index is 5.39. The van der Waals surface area contributed by atoms with Gasteiger partial charge in [0.05, 0.1) is 14.2 Å². The van der Waals surface area contributed by atoms with Gasteiger partial charge in [-0.15, -0.1) is 0 Å². The summed E-state index contributed by atoms with van der Waals surface area (Å²) in [6.45, 7) is 2.05. The van der Waals surface area contributed by atoms with E-state index < -0.39 is 0 Å². The number of benzene rings is 3. The molecule has 0 aliphatic carbocycles. The Morgan fingerprint density at radius 1 is 0.643 bits per heavy atom. The molecule has 3 rings (SSSR count). The molecular formula is C25H29NO2. The van der Waals surface area contributed by atoms with Gasteiger partial charge >= 0.3 is 0 Å². The lowest BCUT2D eigenvalue weighted by atomic mass is 10.0. The maximum atomic E-state index is 5.39. The Hall–Kier alpha value is -2.78. The molecule has 0 radical (unpaired) electrons. The summed E-state index contributed by atoms with van der Waals surface area (Å²) in [6.07, 6.45) is 2.04. The van der Waals surface area contributed by atoms with E-state index in [9.17, 15) is 0 Å². The van der Waals surface area contributed by atoms with Crippen molar-refractivity contribution >= 4 is 0 Å². The van der Waals surface area contributed by atoms with Gasteiger partial charge in [-0.1, -0.05) is 60.7 Å². The molecule has 0 N–H and O–H groups in total. The minimum absolute atomic E-state index is 0.776. The smallest absolute Gasteiger partial charge is 0.160 e. The molecule has 0 fully saturated rings. The van der Waals surface area contributed by atoms with Crippen LogP contribution in [0.3, 0.4) is 0 Å². The first-order valence-electron chi connectivity index (χ1n) is 9.73. The molecule has 0 heterocycles. The first-order chi connectivity index (χ1) is 13.7. The van der Waals surface area contributed by atoms with Gasteiger partial charge < -0.3 is 14.4 Å². The Kier molecular flexibility index (Phi) is 7.10. The topological polar surface area (TPSA) is 21.7 Å². The molecule has 0 saturated carbocycles. The van der Waals surface area contributed by atoms with Crippen LogP contribution in [0.15, 0.2) is 72.8 Å². The summed E-state index contributed by atoms with van der Waals surface area (Å²) in [7, 11) is 5.52. The normalized spacial score (nSPS) is 10.9. The summed E-state index contributed by atoms with van der Waals surface area (Å²) in [5.74, 6) is 1.57. The van der Waals surface area contributed by atoms with Gasteiger partial charge in [-0.05, 0) is 54.3 Å². The Balaban J connectivity index is 1.48. The Morgan fingerprint density at radius 2 is 1.21 bits per heavy atom. The van der Waals surface area contributed by atoms with Crippen molar-refractivity contribution < 1.29 is 9.47 Å². The van der Waals surface area contributed by atoms with Gasteiger partial charge in [-0.2, -0.15) is 0 Å². The molecule has 0 bridgehead atoms. The second-order valence-corrected chi connectivity index (χ2v) is 7.06. The number of likely N-dealkylation sites (N-methyl/N-ethyl adjacent to an activating group) is 1. The van der Waals surface area contributed by atoms with Crippen LogP contribution >= 0.6 is 0 Å². The molecule has 0 aromatic heterocycles. The zero-order valence-corrected chi connectivity index (χ0v) is 17.0. The van der Waals surface area contributed by atoms with Crippen molar-refractivity contribution in [2.24, 2.45) is 0 Å². The number of hydrogen-bond acceptors (Lipinski definition) is 3. The Morgan fingerprint density at radius 3 is 1.86 bits per heavy atom. The van der Waals surface area contributed by atoms with Crippen molar-refractivity contribution in [2.75, 3.05) is 34.4 Å². The van der Waals surface area contributed by atoms with Crippen molar-refractivity contribution in [3.05, 3.63) is 83.9 Å². The third-order valence-electron chi connectivity index (χ3n) is 5.07. The number of nitrogens with zero attached hydrogens (tertiary/aromatic N) is 1. The molecule has 0 atom stereocenters. The Labute approximate surface area is 168 Å². The van der Waals surface area contributed by atoms with Crippen LogP contribution in [0.4, 0.5) is 0 Å². The highest BCUT2D eigenvalue weighted by molar-refractivity contribution is 5.63. The van der Waals surface area contributed by atoms with E-state index in [0.29, 0.717) is 0 Å². The second-order valence-electron chi connectivity index (χ2n) is 7.06. The third-order valence-corrected chi connectivity index (χ3v) is 5.07. The summed E-state index contributed by atoms with van der Waals surface area (Å²) in [5, 5.41) is 0. The molecule has 0 spiro atoms. The molecule has 0 aliphatic heterocycles. The van der Waals surface area contributed by atoms with Crippen molar-refractivity contribution in [3.63, 3.8) is 0 Å². The first kappa shape index (κ1) is 20.0. The lowest BCUT2D eigenvalue weighted by Crippen LogP contribution is -2.23. The van der Waals surface area contributed by atoms with Gasteiger partial charge in [-0.3, -0.25) is 0 Å². The van der Waals surface area contributed by atoms with E-state index in [0.717, 1.165) is 37.4 Å². The van der Waals surface area contributed by atoms with E-state index in [1.807, 2.05) is 6.07 Å². The number of ether oxygens (including phenoxy) is 2. The summed E-state index contributed by atoms with van der Waals surface area (Å²) < 4.78 is 10.7. The quantitative estimate of drug-likeness (QED) is 0.520. The summed E-state index contributed by atoms with van der Waals surface area (Å²) in [4.78, 5) is 2.38. The van der Waals surface area contributed by atoms with Crippen LogP contribution in [0.2, 0.25) is 0 Å². The van der Waals surface area contributed by atoms with Crippen molar-refractivity contribution in [1.29, 1.82) is 0 Å². The zero-order chi connectivity index (χ0) is 19.8. The Bertz CT molecular complexity index is 859. The molecule has 146 valence electrons. The molecule has 3 aromatic carbocycles. The standard InChI is InChI=1S/C25H29NO2/c1-26(18-16-21-11-14-24(27-2)25(19-21)28-3)17-15-20-9-12-23(13-10-20)22-7-5-4-6-8-22/h4-14,19H,15-18H2,1-3H3. The van der Waals surface area contributed by atoms with Crippen molar-refractivity contribution in [3.8, 4) is 22.6 Å². The van der Waals surface area contributed by atoms with Crippen LogP contribution in [0, 0.1) is 0 Å². The highest BCUT2D eigenvalue weighted by Crippen LogP contribution is 2.27. The van der Waals surface area contributed by atoms with Gasteiger partial charge in [0.25, 0.3) is 0 Å². The molecule has 0 amide bonds. The fourth-order valence-electron chi connectivity index (χ4n) is 3.28. The molecule has 28 heavy (non-hydrogen) atoms. The van der Waals surface area contributed by atoms with Gasteiger partial charge in [0.1, 0.15) is 0 Å². The van der Waals surface area contributed by atoms with Gasteiger partial charge in [0.15, 0.2) is 11.5 Å². The average Bonchev–Trinajstić information content (AvgIpc) is 2.77. The molecule has 0 saturated heterocycles. The molecule has 3 nitrogen and oxygen atoms in total. The van der Waals surface area contributed by atoms with Crippen LogP contribution in [-0.2, 0) is 12.8 Å². The van der Waals surface area contributed by atoms with Crippen LogP contribution in [0.25, 0.3) is 11.1 Å². The lowest BCUT2D eigenvalue weighted by Gasteiger charge is -2.17. The fraction of sp³-hybridized carbons (Fsp3) is 0.280. The van der Waals surface area contributed by atoms with Gasteiger partial charge in [-0.25, -0.2) is 0 Å². The average molecular weight is 376 g/mol. The predicted molar refractivity (Wildman–Crippen MR) is 116 cm³/mol. The van der Waals surface area contributed by atoms with E-state index in [-0.39, 0.29) is 0 Å². The van der Waals surface area contributed by atoms with Crippen LogP contribution in [0.5, 0.6) is 11.5 Å². The summed E-state index contributed by atoms with van der Waals surface area (Å²) in [6, 6.07) is 25.6. The van der Waals surface area contributed by atoms with Crippen LogP contribution in [0.1, 0.15) is 11.1 Å². The molecule has 3 aromatic rings. The van der Waals surface area contributed by atoms with E-state index in [1.54, 1.807) is 14.2 Å². The highest BCUT2D eigenvalue weighted by atomic mass is 16.5. The van der Waals surface area contributed by atoms with Crippen LogP contribution in [-0.4, -0.2) is 39.3 Å². The van der Waals surface area contributed by atoms with E-state index in [2.05, 4.69) is 78.7 Å². The number of methoxy groups -OCH3 is 2. The minimum Gasteiger partial charge on any atom is -0.493 e. The van der Waals surface area contributed by atoms with Crippen molar-refractivity contribution in [2.45, 2.75) is 12.8 Å². The fourth-order valence-corrected chi connectivity index (χ4v) is 3.28. The van der Waals surface area contributed by atoms with E-state index in [4.69, 9.17) is 9.47 Å². The lowest BCUT2D eigenvalue weighted by molar-refractivity contribution is 0.340. The van der Waals surface area contributed by atoms with Crippen molar-refractivity contribution in [1.82, 2.24) is 4.90 Å².